The lowest BCUT2D eigenvalue weighted by Gasteiger charge is -2.38. The van der Waals surface area contributed by atoms with Crippen molar-refractivity contribution < 1.29 is 9.72 Å². The molecule has 6 heteroatoms. The summed E-state index contributed by atoms with van der Waals surface area (Å²) in [6.07, 6.45) is 5.33. The van der Waals surface area contributed by atoms with Gasteiger partial charge in [0.1, 0.15) is 0 Å². The van der Waals surface area contributed by atoms with E-state index in [0.717, 1.165) is 28.8 Å². The second kappa shape index (κ2) is 8.54. The van der Waals surface area contributed by atoms with Crippen molar-refractivity contribution >= 4 is 17.3 Å². The Morgan fingerprint density at radius 3 is 2.55 bits per heavy atom. The molecule has 4 unspecified atom stereocenters. The van der Waals surface area contributed by atoms with Crippen molar-refractivity contribution in [1.82, 2.24) is 5.32 Å². The van der Waals surface area contributed by atoms with E-state index in [1.54, 1.807) is 12.1 Å². The number of anilines is 1. The van der Waals surface area contributed by atoms with Crippen molar-refractivity contribution in [2.45, 2.75) is 31.3 Å². The van der Waals surface area contributed by atoms with E-state index in [2.05, 4.69) is 28.9 Å². The summed E-state index contributed by atoms with van der Waals surface area (Å²) in [5, 5.41) is 17.8. The third kappa shape index (κ3) is 3.89. The molecule has 166 valence electrons. The van der Waals surface area contributed by atoms with Crippen LogP contribution in [0, 0.1) is 16.0 Å². The lowest BCUT2D eigenvalue weighted by atomic mass is 9.76. The second-order valence-electron chi connectivity index (χ2n) is 8.70. The number of carbonyl (C=O) groups excluding carboxylic acids is 1. The van der Waals surface area contributed by atoms with Gasteiger partial charge in [-0.15, -0.1) is 0 Å². The summed E-state index contributed by atoms with van der Waals surface area (Å²) in [4.78, 5) is 24.0. The monoisotopic (exact) mass is 439 g/mol. The molecule has 1 heterocycles. The minimum absolute atomic E-state index is 0.0428. The molecule has 2 aliphatic rings. The number of nitrogens with zero attached hydrogens (tertiary/aromatic N) is 1. The molecule has 0 radical (unpaired) electrons. The number of nitro groups is 1. The van der Waals surface area contributed by atoms with Gasteiger partial charge in [0.05, 0.1) is 28.3 Å². The third-order valence-electron chi connectivity index (χ3n) is 6.75. The number of para-hydroxylation sites is 1. The average molecular weight is 440 g/mol. The molecule has 1 aliphatic heterocycles. The largest absolute Gasteiger partial charge is 0.377 e. The predicted octanol–water partition coefficient (Wildman–Crippen LogP) is 5.91. The molecule has 0 aromatic heterocycles. The smallest absolute Gasteiger partial charge is 0.269 e. The molecule has 0 bridgehead atoms. The van der Waals surface area contributed by atoms with Crippen molar-refractivity contribution in [3.63, 3.8) is 0 Å². The van der Waals surface area contributed by atoms with E-state index < -0.39 is 0 Å². The van der Waals surface area contributed by atoms with Gasteiger partial charge in [0, 0.05) is 18.1 Å². The highest BCUT2D eigenvalue weighted by molar-refractivity contribution is 6.01. The van der Waals surface area contributed by atoms with E-state index in [9.17, 15) is 14.9 Å². The first-order valence-electron chi connectivity index (χ1n) is 11.2. The Bertz CT molecular complexity index is 1220. The highest BCUT2D eigenvalue weighted by atomic mass is 16.6. The highest BCUT2D eigenvalue weighted by Crippen LogP contribution is 2.50. The van der Waals surface area contributed by atoms with Gasteiger partial charge in [0.2, 0.25) is 0 Å². The number of nitrogens with one attached hydrogen (secondary N) is 2. The zero-order chi connectivity index (χ0) is 22.9. The van der Waals surface area contributed by atoms with Crippen molar-refractivity contribution in [2.75, 3.05) is 5.32 Å². The fraction of sp³-hybridized carbons (Fsp3) is 0.222. The molecule has 1 aliphatic carbocycles. The summed E-state index contributed by atoms with van der Waals surface area (Å²) in [5.41, 5.74) is 4.68. The number of benzene rings is 3. The molecular formula is C27H25N3O3. The summed E-state index contributed by atoms with van der Waals surface area (Å²) >= 11 is 0. The molecule has 0 saturated heterocycles. The van der Waals surface area contributed by atoms with Gasteiger partial charge in [-0.1, -0.05) is 66.7 Å². The minimum Gasteiger partial charge on any atom is -0.377 e. The van der Waals surface area contributed by atoms with E-state index in [-0.39, 0.29) is 34.5 Å². The van der Waals surface area contributed by atoms with Crippen LogP contribution >= 0.6 is 0 Å². The van der Waals surface area contributed by atoms with Gasteiger partial charge in [-0.05, 0) is 42.0 Å². The average Bonchev–Trinajstić information content (AvgIpc) is 3.34. The Labute approximate surface area is 192 Å². The molecule has 1 amide bonds. The molecule has 3 aromatic carbocycles. The SMILES string of the molecule is CC(NC(=O)c1cccc2c1NC(c1ccc([N+](=O)[O-])cc1)C1CC=CC21)c1ccccc1. The van der Waals surface area contributed by atoms with Crippen LogP contribution in [0.5, 0.6) is 0 Å². The lowest BCUT2D eigenvalue weighted by Crippen LogP contribution is -2.32. The maximum Gasteiger partial charge on any atom is 0.269 e. The fourth-order valence-corrected chi connectivity index (χ4v) is 5.04. The van der Waals surface area contributed by atoms with Gasteiger partial charge >= 0.3 is 0 Å². The number of non-ortho nitro benzene ring substituents is 1. The first-order chi connectivity index (χ1) is 16.0. The summed E-state index contributed by atoms with van der Waals surface area (Å²) in [7, 11) is 0. The van der Waals surface area contributed by atoms with Crippen LogP contribution in [0.15, 0.2) is 84.9 Å². The van der Waals surface area contributed by atoms with Crippen LogP contribution in [0.25, 0.3) is 0 Å². The van der Waals surface area contributed by atoms with Crippen molar-refractivity contribution in [1.29, 1.82) is 0 Å². The topological polar surface area (TPSA) is 84.3 Å². The molecule has 6 nitrogen and oxygen atoms in total. The van der Waals surface area contributed by atoms with Gasteiger partial charge in [-0.25, -0.2) is 0 Å². The van der Waals surface area contributed by atoms with Gasteiger partial charge in [0.15, 0.2) is 0 Å². The fourth-order valence-electron chi connectivity index (χ4n) is 5.04. The van der Waals surface area contributed by atoms with E-state index in [0.29, 0.717) is 11.5 Å². The number of carbonyl (C=O) groups is 1. The zero-order valence-corrected chi connectivity index (χ0v) is 18.3. The second-order valence-corrected chi connectivity index (χ2v) is 8.70. The Hall–Kier alpha value is -3.93. The molecule has 33 heavy (non-hydrogen) atoms. The van der Waals surface area contributed by atoms with Gasteiger partial charge in [-0.2, -0.15) is 0 Å². The van der Waals surface area contributed by atoms with Crippen LogP contribution in [0.4, 0.5) is 11.4 Å². The van der Waals surface area contributed by atoms with Crippen LogP contribution in [0.1, 0.15) is 58.4 Å². The molecule has 0 spiro atoms. The van der Waals surface area contributed by atoms with E-state index in [1.807, 2.05) is 61.5 Å². The normalized spacial score (nSPS) is 21.4. The van der Waals surface area contributed by atoms with Crippen molar-refractivity contribution in [2.24, 2.45) is 5.92 Å². The number of amides is 1. The maximum absolute atomic E-state index is 13.3. The minimum atomic E-state index is -0.385. The van der Waals surface area contributed by atoms with E-state index >= 15 is 0 Å². The van der Waals surface area contributed by atoms with Crippen molar-refractivity contribution in [3.05, 3.63) is 117 Å². The van der Waals surface area contributed by atoms with E-state index in [1.165, 1.54) is 0 Å². The molecule has 5 rings (SSSR count). The Morgan fingerprint density at radius 2 is 1.82 bits per heavy atom. The quantitative estimate of drug-likeness (QED) is 0.294. The first kappa shape index (κ1) is 20.9. The summed E-state index contributed by atoms with van der Waals surface area (Å²) in [6.45, 7) is 1.98. The van der Waals surface area contributed by atoms with Gasteiger partial charge < -0.3 is 10.6 Å². The summed E-state index contributed by atoms with van der Waals surface area (Å²) in [5.74, 6) is 0.361. The highest BCUT2D eigenvalue weighted by Gasteiger charge is 2.39. The molecule has 2 N–H and O–H groups in total. The summed E-state index contributed by atoms with van der Waals surface area (Å²) in [6, 6.07) is 22.3. The third-order valence-corrected chi connectivity index (χ3v) is 6.75. The lowest BCUT2D eigenvalue weighted by molar-refractivity contribution is -0.384. The van der Waals surface area contributed by atoms with Crippen LogP contribution < -0.4 is 10.6 Å². The van der Waals surface area contributed by atoms with Crippen LogP contribution in [0.2, 0.25) is 0 Å². The molecule has 4 atom stereocenters. The van der Waals surface area contributed by atoms with Crippen LogP contribution in [-0.2, 0) is 0 Å². The Morgan fingerprint density at radius 1 is 1.06 bits per heavy atom. The van der Waals surface area contributed by atoms with Gasteiger partial charge in [0.25, 0.3) is 11.6 Å². The number of fused-ring (bicyclic) bond motifs is 3. The van der Waals surface area contributed by atoms with Crippen LogP contribution in [0.3, 0.4) is 0 Å². The Balaban J connectivity index is 1.47. The summed E-state index contributed by atoms with van der Waals surface area (Å²) < 4.78 is 0. The maximum atomic E-state index is 13.3. The molecule has 0 saturated carbocycles. The molecule has 3 aromatic rings. The molecule has 0 fully saturated rings. The van der Waals surface area contributed by atoms with Gasteiger partial charge in [-0.3, -0.25) is 14.9 Å². The Kier molecular flexibility index (Phi) is 5.42. The molecular weight excluding hydrogens is 414 g/mol. The van der Waals surface area contributed by atoms with Crippen molar-refractivity contribution in [3.8, 4) is 0 Å². The zero-order valence-electron chi connectivity index (χ0n) is 18.3. The standard InChI is InChI=1S/C27H25N3O3/c1-17(18-7-3-2-4-8-18)28-27(31)24-12-6-11-23-21-9-5-10-22(21)25(29-26(23)24)19-13-15-20(16-14-19)30(32)33/h2-9,11-17,21-22,25,29H,10H2,1H3,(H,28,31). The number of nitro benzene ring substituents is 1. The number of allylic oxidation sites excluding steroid dienone is 2. The van der Waals surface area contributed by atoms with Crippen LogP contribution in [-0.4, -0.2) is 10.8 Å². The number of hydrogen-bond donors (Lipinski definition) is 2. The predicted molar refractivity (Wildman–Crippen MR) is 128 cm³/mol. The number of hydrogen-bond acceptors (Lipinski definition) is 4. The number of rotatable bonds is 5. The first-order valence-corrected chi connectivity index (χ1v) is 11.2. The van der Waals surface area contributed by atoms with E-state index in [4.69, 9.17) is 0 Å².